The average molecular weight is 387 g/mol. The first-order valence-electron chi connectivity index (χ1n) is 8.61. The van der Waals surface area contributed by atoms with E-state index in [-0.39, 0.29) is 5.56 Å². The summed E-state index contributed by atoms with van der Waals surface area (Å²) in [6, 6.07) is 6.99. The van der Waals surface area contributed by atoms with E-state index in [1.807, 2.05) is 13.8 Å². The molecular formula is C19H21N3O6. The van der Waals surface area contributed by atoms with Gasteiger partial charge in [0.25, 0.3) is 5.91 Å². The van der Waals surface area contributed by atoms with Crippen molar-refractivity contribution in [2.75, 3.05) is 25.1 Å². The molecule has 1 heterocycles. The molecule has 3 amide bonds. The number of imide groups is 1. The van der Waals surface area contributed by atoms with Crippen LogP contribution in [0.5, 0.6) is 11.5 Å². The molecule has 1 aromatic carbocycles. The van der Waals surface area contributed by atoms with Crippen LogP contribution in [0.2, 0.25) is 0 Å². The number of urea groups is 1. The van der Waals surface area contributed by atoms with Gasteiger partial charge in [-0.2, -0.15) is 0 Å². The highest BCUT2D eigenvalue weighted by atomic mass is 16.5. The second-order valence-corrected chi connectivity index (χ2v) is 5.34. The molecule has 0 saturated carbocycles. The Labute approximate surface area is 162 Å². The molecule has 9 nitrogen and oxygen atoms in total. The molecule has 0 saturated heterocycles. The summed E-state index contributed by atoms with van der Waals surface area (Å²) in [5, 5.41) is 4.58. The number of hydrogen-bond acceptors (Lipinski definition) is 7. The zero-order valence-electron chi connectivity index (χ0n) is 15.6. The van der Waals surface area contributed by atoms with Gasteiger partial charge in [0.15, 0.2) is 18.1 Å². The highest BCUT2D eigenvalue weighted by Gasteiger charge is 2.13. The summed E-state index contributed by atoms with van der Waals surface area (Å²) in [5.74, 6) is -0.434. The molecule has 2 aromatic rings. The molecule has 0 spiro atoms. The number of carbonyl (C=O) groups excluding carboxylic acids is 3. The van der Waals surface area contributed by atoms with E-state index in [0.29, 0.717) is 30.4 Å². The first-order valence-corrected chi connectivity index (χ1v) is 8.61. The van der Waals surface area contributed by atoms with Gasteiger partial charge in [0.05, 0.1) is 18.8 Å². The minimum atomic E-state index is -0.768. The third-order valence-corrected chi connectivity index (χ3v) is 3.30. The van der Waals surface area contributed by atoms with Crippen LogP contribution in [0.4, 0.5) is 10.5 Å². The maximum Gasteiger partial charge on any atom is 0.338 e. The van der Waals surface area contributed by atoms with Gasteiger partial charge in [-0.1, -0.05) is 0 Å². The molecule has 0 unspecified atom stereocenters. The molecule has 0 fully saturated rings. The number of carbonyl (C=O) groups is 3. The molecule has 0 aliphatic rings. The van der Waals surface area contributed by atoms with Crippen molar-refractivity contribution in [3.63, 3.8) is 0 Å². The summed E-state index contributed by atoms with van der Waals surface area (Å²) >= 11 is 0. The van der Waals surface area contributed by atoms with Gasteiger partial charge in [0.1, 0.15) is 0 Å². The number of amides is 3. The van der Waals surface area contributed by atoms with E-state index in [0.717, 1.165) is 0 Å². The minimum Gasteiger partial charge on any atom is -0.490 e. The molecule has 0 radical (unpaired) electrons. The molecule has 0 aliphatic heterocycles. The van der Waals surface area contributed by atoms with Crippen molar-refractivity contribution in [3.05, 3.63) is 48.3 Å². The molecular weight excluding hydrogens is 366 g/mol. The van der Waals surface area contributed by atoms with Crippen molar-refractivity contribution in [2.45, 2.75) is 13.8 Å². The highest BCUT2D eigenvalue weighted by Crippen LogP contribution is 2.30. The molecule has 2 rings (SSSR count). The third kappa shape index (κ3) is 6.27. The Morgan fingerprint density at radius 1 is 0.964 bits per heavy atom. The molecule has 1 aromatic heterocycles. The summed E-state index contributed by atoms with van der Waals surface area (Å²) in [6.45, 7) is 3.98. The average Bonchev–Trinajstić information content (AvgIpc) is 2.69. The number of nitrogens with one attached hydrogen (secondary N) is 2. The maximum atomic E-state index is 12.0. The number of ether oxygens (including phenoxy) is 3. The molecule has 148 valence electrons. The lowest BCUT2D eigenvalue weighted by atomic mass is 10.2. The van der Waals surface area contributed by atoms with Crippen molar-refractivity contribution in [2.24, 2.45) is 0 Å². The van der Waals surface area contributed by atoms with Crippen LogP contribution in [-0.2, 0) is 9.53 Å². The van der Waals surface area contributed by atoms with Gasteiger partial charge in [-0.15, -0.1) is 0 Å². The van der Waals surface area contributed by atoms with E-state index in [9.17, 15) is 14.4 Å². The number of esters is 1. The van der Waals surface area contributed by atoms with E-state index < -0.39 is 24.5 Å². The lowest BCUT2D eigenvalue weighted by Gasteiger charge is -2.13. The van der Waals surface area contributed by atoms with Gasteiger partial charge >= 0.3 is 12.0 Å². The summed E-state index contributed by atoms with van der Waals surface area (Å²) in [4.78, 5) is 39.3. The highest BCUT2D eigenvalue weighted by molar-refractivity contribution is 6.02. The SMILES string of the molecule is CCOc1ccc(NC(=O)NC(=O)COC(=O)c2ccncc2)cc1OCC. The van der Waals surface area contributed by atoms with Gasteiger partial charge in [-0.3, -0.25) is 15.1 Å². The fourth-order valence-corrected chi connectivity index (χ4v) is 2.16. The number of hydrogen-bond donors (Lipinski definition) is 2. The molecule has 9 heteroatoms. The first kappa shape index (κ1) is 20.7. The fraction of sp³-hybridized carbons (Fsp3) is 0.263. The molecule has 2 N–H and O–H groups in total. The van der Waals surface area contributed by atoms with Crippen molar-refractivity contribution in [3.8, 4) is 11.5 Å². The Kier molecular flexibility index (Phi) is 7.77. The lowest BCUT2D eigenvalue weighted by Crippen LogP contribution is -2.37. The fourth-order valence-electron chi connectivity index (χ4n) is 2.16. The van der Waals surface area contributed by atoms with Crippen molar-refractivity contribution < 1.29 is 28.6 Å². The van der Waals surface area contributed by atoms with Crippen LogP contribution in [0.3, 0.4) is 0 Å². The Bertz CT molecular complexity index is 826. The number of nitrogens with zero attached hydrogens (tertiary/aromatic N) is 1. The second kappa shape index (κ2) is 10.5. The Hall–Kier alpha value is -3.62. The molecule has 0 atom stereocenters. The predicted octanol–water partition coefficient (Wildman–Crippen LogP) is 2.38. The van der Waals surface area contributed by atoms with Gasteiger partial charge in [-0.25, -0.2) is 9.59 Å². The maximum absolute atomic E-state index is 12.0. The van der Waals surface area contributed by atoms with Crippen LogP contribution in [0.1, 0.15) is 24.2 Å². The minimum absolute atomic E-state index is 0.255. The second-order valence-electron chi connectivity index (χ2n) is 5.34. The molecule has 0 bridgehead atoms. The Morgan fingerprint density at radius 3 is 2.32 bits per heavy atom. The van der Waals surface area contributed by atoms with E-state index in [1.54, 1.807) is 18.2 Å². The quantitative estimate of drug-likeness (QED) is 0.668. The lowest BCUT2D eigenvalue weighted by molar-refractivity contribution is -0.123. The number of pyridine rings is 1. The number of rotatable bonds is 8. The van der Waals surface area contributed by atoms with E-state index in [2.05, 4.69) is 15.6 Å². The summed E-state index contributed by atoms with van der Waals surface area (Å²) < 4.78 is 15.8. The van der Waals surface area contributed by atoms with E-state index in [1.165, 1.54) is 24.5 Å². The summed E-state index contributed by atoms with van der Waals surface area (Å²) in [7, 11) is 0. The van der Waals surface area contributed by atoms with Crippen LogP contribution in [0.15, 0.2) is 42.7 Å². The van der Waals surface area contributed by atoms with Crippen LogP contribution in [0, 0.1) is 0 Å². The van der Waals surface area contributed by atoms with Crippen LogP contribution < -0.4 is 20.1 Å². The van der Waals surface area contributed by atoms with Crippen LogP contribution >= 0.6 is 0 Å². The number of benzene rings is 1. The Balaban J connectivity index is 1.86. The van der Waals surface area contributed by atoms with Gasteiger partial charge in [0, 0.05) is 24.1 Å². The number of anilines is 1. The zero-order chi connectivity index (χ0) is 20.4. The largest absolute Gasteiger partial charge is 0.490 e. The zero-order valence-corrected chi connectivity index (χ0v) is 15.6. The smallest absolute Gasteiger partial charge is 0.338 e. The number of aromatic nitrogens is 1. The van der Waals surface area contributed by atoms with E-state index in [4.69, 9.17) is 14.2 Å². The third-order valence-electron chi connectivity index (χ3n) is 3.30. The van der Waals surface area contributed by atoms with Gasteiger partial charge < -0.3 is 19.5 Å². The summed E-state index contributed by atoms with van der Waals surface area (Å²) in [6.07, 6.45) is 2.86. The van der Waals surface area contributed by atoms with Gasteiger partial charge in [0.2, 0.25) is 0 Å². The van der Waals surface area contributed by atoms with Crippen molar-refractivity contribution >= 4 is 23.6 Å². The topological polar surface area (TPSA) is 116 Å². The monoisotopic (exact) mass is 387 g/mol. The Morgan fingerprint density at radius 2 is 1.64 bits per heavy atom. The molecule has 28 heavy (non-hydrogen) atoms. The first-order chi connectivity index (χ1) is 13.5. The summed E-state index contributed by atoms with van der Waals surface area (Å²) in [5.41, 5.74) is 0.663. The van der Waals surface area contributed by atoms with Crippen molar-refractivity contribution in [1.29, 1.82) is 0 Å². The van der Waals surface area contributed by atoms with Crippen LogP contribution in [0.25, 0.3) is 0 Å². The predicted molar refractivity (Wildman–Crippen MR) is 100 cm³/mol. The van der Waals surface area contributed by atoms with Crippen LogP contribution in [-0.4, -0.2) is 42.7 Å². The van der Waals surface area contributed by atoms with Crippen molar-refractivity contribution in [1.82, 2.24) is 10.3 Å². The van der Waals surface area contributed by atoms with E-state index >= 15 is 0 Å². The van der Waals surface area contributed by atoms with Gasteiger partial charge in [-0.05, 0) is 38.1 Å². The standard InChI is InChI=1S/C19H21N3O6/c1-3-26-15-6-5-14(11-16(15)27-4-2)21-19(25)22-17(23)12-28-18(24)13-7-9-20-10-8-13/h5-11H,3-4,12H2,1-2H3,(H2,21,22,23,25). The normalized spacial score (nSPS) is 9.93. The molecule has 0 aliphatic carbocycles.